The number of carbonyl (C=O) groups excluding carboxylic acids is 2. The summed E-state index contributed by atoms with van der Waals surface area (Å²) in [5.41, 5.74) is 0. The summed E-state index contributed by atoms with van der Waals surface area (Å²) < 4.78 is 12.8. The summed E-state index contributed by atoms with van der Waals surface area (Å²) in [6.07, 6.45) is 0.812. The van der Waals surface area contributed by atoms with E-state index in [1.54, 1.807) is 28.9 Å². The summed E-state index contributed by atoms with van der Waals surface area (Å²) in [5, 5.41) is 0. The molecule has 0 bridgehead atoms. The minimum Gasteiger partial charge on any atom is -0.341 e. The first-order valence-electron chi connectivity index (χ1n) is 6.98. The second-order valence-corrected chi connectivity index (χ2v) is 6.03. The second kappa shape index (κ2) is 7.45. The Morgan fingerprint density at radius 1 is 1.10 bits per heavy atom. The molecule has 1 aliphatic heterocycles. The molecule has 2 amide bonds. The Bertz CT molecular complexity index is 507. The van der Waals surface area contributed by atoms with Gasteiger partial charge in [-0.25, -0.2) is 4.39 Å². The van der Waals surface area contributed by atoms with Crippen molar-refractivity contribution in [3.05, 3.63) is 30.1 Å². The average Bonchev–Trinajstić information content (AvgIpc) is 2.72. The maximum atomic E-state index is 12.8. The maximum Gasteiger partial charge on any atom is 0.232 e. The van der Waals surface area contributed by atoms with Crippen molar-refractivity contribution < 1.29 is 14.0 Å². The van der Waals surface area contributed by atoms with Crippen LogP contribution in [0.2, 0.25) is 0 Å². The van der Waals surface area contributed by atoms with Gasteiger partial charge in [-0.15, -0.1) is 11.8 Å². The minimum atomic E-state index is -0.275. The first kappa shape index (κ1) is 15.8. The van der Waals surface area contributed by atoms with Crippen LogP contribution in [-0.4, -0.2) is 53.5 Å². The third kappa shape index (κ3) is 4.74. The van der Waals surface area contributed by atoms with E-state index in [2.05, 4.69) is 0 Å². The first-order chi connectivity index (χ1) is 10.1. The predicted molar refractivity (Wildman–Crippen MR) is 80.6 cm³/mol. The highest BCUT2D eigenvalue weighted by atomic mass is 32.2. The molecule has 4 nitrogen and oxygen atoms in total. The number of rotatable bonds is 3. The number of hydrogen-bond donors (Lipinski definition) is 0. The Balaban J connectivity index is 1.83. The lowest BCUT2D eigenvalue weighted by Gasteiger charge is -2.21. The van der Waals surface area contributed by atoms with Crippen LogP contribution in [0.25, 0.3) is 0 Å². The Morgan fingerprint density at radius 3 is 2.38 bits per heavy atom. The van der Waals surface area contributed by atoms with Crippen LogP contribution in [0.3, 0.4) is 0 Å². The van der Waals surface area contributed by atoms with E-state index < -0.39 is 0 Å². The van der Waals surface area contributed by atoms with E-state index in [1.807, 2.05) is 0 Å². The van der Waals surface area contributed by atoms with Crippen LogP contribution in [-0.2, 0) is 9.59 Å². The fourth-order valence-corrected chi connectivity index (χ4v) is 3.05. The molecule has 0 N–H and O–H groups in total. The number of hydrogen-bond acceptors (Lipinski definition) is 3. The smallest absolute Gasteiger partial charge is 0.232 e. The van der Waals surface area contributed by atoms with Gasteiger partial charge in [-0.05, 0) is 30.7 Å². The molecule has 21 heavy (non-hydrogen) atoms. The van der Waals surface area contributed by atoms with Crippen LogP contribution in [0.15, 0.2) is 29.2 Å². The van der Waals surface area contributed by atoms with E-state index in [0.29, 0.717) is 31.9 Å². The fourth-order valence-electron chi connectivity index (χ4n) is 2.25. The van der Waals surface area contributed by atoms with Crippen molar-refractivity contribution in [3.8, 4) is 0 Å². The Morgan fingerprint density at radius 2 is 1.71 bits per heavy atom. The number of carbonyl (C=O) groups is 2. The molecule has 1 aliphatic rings. The van der Waals surface area contributed by atoms with E-state index in [1.165, 1.54) is 23.9 Å². The Kier molecular flexibility index (Phi) is 5.61. The molecule has 0 saturated carbocycles. The molecule has 0 aromatic heterocycles. The van der Waals surface area contributed by atoms with Crippen LogP contribution in [0.1, 0.15) is 13.3 Å². The molecule has 1 aromatic carbocycles. The first-order valence-corrected chi connectivity index (χ1v) is 7.96. The van der Waals surface area contributed by atoms with Gasteiger partial charge in [0.1, 0.15) is 5.82 Å². The summed E-state index contributed by atoms with van der Waals surface area (Å²) in [6, 6.07) is 6.13. The van der Waals surface area contributed by atoms with Crippen molar-refractivity contribution in [1.82, 2.24) is 9.80 Å². The number of nitrogens with zero attached hydrogens (tertiary/aromatic N) is 2. The molecule has 0 radical (unpaired) electrons. The molecular formula is C15H19FN2O2S. The number of halogens is 1. The quantitative estimate of drug-likeness (QED) is 0.802. The number of amides is 2. The normalized spacial score (nSPS) is 15.7. The van der Waals surface area contributed by atoms with E-state index in [-0.39, 0.29) is 17.6 Å². The summed E-state index contributed by atoms with van der Waals surface area (Å²) in [6.45, 7) is 4.14. The highest BCUT2D eigenvalue weighted by Gasteiger charge is 2.20. The van der Waals surface area contributed by atoms with Gasteiger partial charge in [-0.1, -0.05) is 0 Å². The Labute approximate surface area is 128 Å². The highest BCUT2D eigenvalue weighted by Crippen LogP contribution is 2.19. The van der Waals surface area contributed by atoms with Crippen molar-refractivity contribution in [3.63, 3.8) is 0 Å². The van der Waals surface area contributed by atoms with Gasteiger partial charge in [0.15, 0.2) is 0 Å². The largest absolute Gasteiger partial charge is 0.341 e. The third-order valence-electron chi connectivity index (χ3n) is 3.47. The van der Waals surface area contributed by atoms with Gasteiger partial charge in [0, 0.05) is 38.0 Å². The van der Waals surface area contributed by atoms with Crippen LogP contribution < -0.4 is 0 Å². The molecule has 1 aromatic rings. The summed E-state index contributed by atoms with van der Waals surface area (Å²) >= 11 is 1.41. The summed E-state index contributed by atoms with van der Waals surface area (Å²) in [5.74, 6) is 0.188. The van der Waals surface area contributed by atoms with Gasteiger partial charge in [0.2, 0.25) is 11.8 Å². The number of benzene rings is 1. The standard InChI is InChI=1S/C15H19FN2O2S/c1-12(19)17-7-2-8-18(10-9-17)15(20)11-21-14-5-3-13(16)4-6-14/h3-6H,2,7-11H2,1H3. The molecule has 0 spiro atoms. The van der Waals surface area contributed by atoms with Crippen molar-refractivity contribution in [2.24, 2.45) is 0 Å². The molecule has 1 fully saturated rings. The molecule has 0 aliphatic carbocycles. The lowest BCUT2D eigenvalue weighted by molar-refractivity contribution is -0.130. The molecule has 114 valence electrons. The van der Waals surface area contributed by atoms with Gasteiger partial charge in [-0.2, -0.15) is 0 Å². The van der Waals surface area contributed by atoms with Crippen LogP contribution >= 0.6 is 11.8 Å². The summed E-state index contributed by atoms with van der Waals surface area (Å²) in [4.78, 5) is 28.0. The second-order valence-electron chi connectivity index (χ2n) is 4.98. The zero-order valence-electron chi connectivity index (χ0n) is 12.0. The molecule has 2 rings (SSSR count). The predicted octanol–water partition coefficient (Wildman–Crippen LogP) is 2.00. The van der Waals surface area contributed by atoms with Gasteiger partial charge >= 0.3 is 0 Å². The van der Waals surface area contributed by atoms with Gasteiger partial charge < -0.3 is 9.80 Å². The SMILES string of the molecule is CC(=O)N1CCCN(C(=O)CSc2ccc(F)cc2)CC1. The minimum absolute atomic E-state index is 0.0602. The lowest BCUT2D eigenvalue weighted by atomic mass is 10.3. The van der Waals surface area contributed by atoms with Gasteiger partial charge in [0.05, 0.1) is 5.75 Å². The fraction of sp³-hybridized carbons (Fsp3) is 0.467. The van der Waals surface area contributed by atoms with E-state index >= 15 is 0 Å². The van der Waals surface area contributed by atoms with Crippen molar-refractivity contribution in [2.75, 3.05) is 31.9 Å². The van der Waals surface area contributed by atoms with Crippen molar-refractivity contribution in [2.45, 2.75) is 18.2 Å². The zero-order valence-corrected chi connectivity index (χ0v) is 12.9. The third-order valence-corrected chi connectivity index (χ3v) is 4.47. The molecule has 0 atom stereocenters. The van der Waals surface area contributed by atoms with Crippen LogP contribution in [0, 0.1) is 5.82 Å². The van der Waals surface area contributed by atoms with Crippen LogP contribution in [0.4, 0.5) is 4.39 Å². The molecule has 0 unspecified atom stereocenters. The molecule has 6 heteroatoms. The highest BCUT2D eigenvalue weighted by molar-refractivity contribution is 8.00. The van der Waals surface area contributed by atoms with E-state index in [0.717, 1.165) is 11.3 Å². The van der Waals surface area contributed by atoms with Crippen molar-refractivity contribution >= 4 is 23.6 Å². The summed E-state index contributed by atoms with van der Waals surface area (Å²) in [7, 11) is 0. The maximum absolute atomic E-state index is 12.8. The van der Waals surface area contributed by atoms with E-state index in [4.69, 9.17) is 0 Å². The monoisotopic (exact) mass is 310 g/mol. The molecule has 1 saturated heterocycles. The lowest BCUT2D eigenvalue weighted by Crippen LogP contribution is -2.37. The molecule has 1 heterocycles. The van der Waals surface area contributed by atoms with Gasteiger partial charge in [-0.3, -0.25) is 9.59 Å². The average molecular weight is 310 g/mol. The topological polar surface area (TPSA) is 40.6 Å². The number of thioether (sulfide) groups is 1. The Hall–Kier alpha value is -1.56. The van der Waals surface area contributed by atoms with Gasteiger partial charge in [0.25, 0.3) is 0 Å². The van der Waals surface area contributed by atoms with Crippen LogP contribution in [0.5, 0.6) is 0 Å². The molecular weight excluding hydrogens is 291 g/mol. The van der Waals surface area contributed by atoms with E-state index in [9.17, 15) is 14.0 Å². The zero-order chi connectivity index (χ0) is 15.2. The van der Waals surface area contributed by atoms with Crippen molar-refractivity contribution in [1.29, 1.82) is 0 Å².